The van der Waals surface area contributed by atoms with Gasteiger partial charge in [-0.2, -0.15) is 0 Å². The number of hydrogen-bond donors (Lipinski definition) is 1. The number of nitrogens with one attached hydrogen (secondary N) is 1. The van der Waals surface area contributed by atoms with E-state index in [9.17, 15) is 4.79 Å². The third-order valence-electron chi connectivity index (χ3n) is 2.99. The molecule has 1 aromatic carbocycles. The smallest absolute Gasteiger partial charge is 0.264 e. The summed E-state index contributed by atoms with van der Waals surface area (Å²) in [6.07, 6.45) is 3.75. The van der Waals surface area contributed by atoms with Crippen molar-refractivity contribution in [2.75, 3.05) is 0 Å². The number of aromatic nitrogens is 1. The lowest BCUT2D eigenvalue weighted by Crippen LogP contribution is -2.19. The highest BCUT2D eigenvalue weighted by molar-refractivity contribution is 8.18. The highest BCUT2D eigenvalue weighted by atomic mass is 35.5. The molecule has 0 bridgehead atoms. The van der Waals surface area contributed by atoms with Gasteiger partial charge < -0.3 is 9.88 Å². The Labute approximate surface area is 141 Å². The van der Waals surface area contributed by atoms with Gasteiger partial charge in [0.15, 0.2) is 5.17 Å². The van der Waals surface area contributed by atoms with Crippen LogP contribution in [0, 0.1) is 0 Å². The summed E-state index contributed by atoms with van der Waals surface area (Å²) < 4.78 is 1.94. The predicted octanol–water partition coefficient (Wildman–Crippen LogP) is 4.22. The summed E-state index contributed by atoms with van der Waals surface area (Å²) >= 11 is 13.2. The minimum Gasteiger partial charge on any atom is -0.351 e. The molecule has 0 spiro atoms. The highest BCUT2D eigenvalue weighted by Gasteiger charge is 2.24. The molecule has 1 aliphatic heterocycles. The number of aliphatic imine (C=N–C) groups is 1. The number of hydrogen-bond acceptors (Lipinski definition) is 3. The van der Waals surface area contributed by atoms with Crippen molar-refractivity contribution < 1.29 is 4.79 Å². The molecule has 0 radical (unpaired) electrons. The quantitative estimate of drug-likeness (QED) is 0.823. The largest absolute Gasteiger partial charge is 0.351 e. The second kappa shape index (κ2) is 6.20. The van der Waals surface area contributed by atoms with E-state index in [1.807, 2.05) is 36.0 Å². The van der Waals surface area contributed by atoms with E-state index >= 15 is 0 Å². The molecule has 0 aliphatic carbocycles. The number of halogens is 2. The van der Waals surface area contributed by atoms with E-state index < -0.39 is 0 Å². The lowest BCUT2D eigenvalue weighted by atomic mass is 10.3. The summed E-state index contributed by atoms with van der Waals surface area (Å²) in [7, 11) is 1.92. The maximum atomic E-state index is 12.0. The van der Waals surface area contributed by atoms with Crippen molar-refractivity contribution in [3.63, 3.8) is 0 Å². The van der Waals surface area contributed by atoms with Gasteiger partial charge in [0.2, 0.25) is 0 Å². The maximum absolute atomic E-state index is 12.0. The van der Waals surface area contributed by atoms with E-state index in [1.165, 1.54) is 11.8 Å². The number of amidine groups is 1. The average molecular weight is 352 g/mol. The van der Waals surface area contributed by atoms with Crippen LogP contribution in [-0.2, 0) is 11.8 Å². The van der Waals surface area contributed by atoms with Crippen LogP contribution >= 0.6 is 35.0 Å². The lowest BCUT2D eigenvalue weighted by Gasteiger charge is -1.98. The van der Waals surface area contributed by atoms with Crippen LogP contribution in [0.25, 0.3) is 6.08 Å². The fourth-order valence-corrected chi connectivity index (χ4v) is 3.30. The van der Waals surface area contributed by atoms with Gasteiger partial charge in [0.05, 0.1) is 10.6 Å². The molecule has 2 heterocycles. The minimum absolute atomic E-state index is 0.168. The molecule has 1 amide bonds. The molecule has 0 atom stereocenters. The first-order chi connectivity index (χ1) is 10.5. The standard InChI is InChI=1S/C15H11Cl2N3OS/c1-20-4-2-3-12(20)8-13-14(21)19-15(22-13)18-11-6-9(16)5-10(17)7-11/h2-8H,1H3,(H,18,19,21)/b13-8+. The SMILES string of the molecule is Cn1cccc1/C=C1/SC(=Nc2cc(Cl)cc(Cl)c2)NC1=O. The first-order valence-corrected chi connectivity index (χ1v) is 7.95. The monoisotopic (exact) mass is 351 g/mol. The van der Waals surface area contributed by atoms with E-state index in [1.54, 1.807) is 18.2 Å². The van der Waals surface area contributed by atoms with Gasteiger partial charge in [-0.05, 0) is 48.2 Å². The van der Waals surface area contributed by atoms with Crippen molar-refractivity contribution in [3.8, 4) is 0 Å². The van der Waals surface area contributed by atoms with Gasteiger partial charge >= 0.3 is 0 Å². The van der Waals surface area contributed by atoms with E-state index in [0.717, 1.165) is 5.69 Å². The number of thioether (sulfide) groups is 1. The molecule has 112 valence electrons. The molecule has 7 heteroatoms. The van der Waals surface area contributed by atoms with Crippen molar-refractivity contribution in [3.05, 3.63) is 57.2 Å². The first kappa shape index (κ1) is 15.2. The fraction of sp³-hybridized carbons (Fsp3) is 0.0667. The van der Waals surface area contributed by atoms with Gasteiger partial charge in [-0.15, -0.1) is 0 Å². The van der Waals surface area contributed by atoms with E-state index in [4.69, 9.17) is 23.2 Å². The summed E-state index contributed by atoms with van der Waals surface area (Å²) in [6, 6.07) is 8.87. The van der Waals surface area contributed by atoms with Crippen LogP contribution in [0.2, 0.25) is 10.0 Å². The molecule has 4 nitrogen and oxygen atoms in total. The zero-order valence-corrected chi connectivity index (χ0v) is 13.8. The van der Waals surface area contributed by atoms with E-state index in [-0.39, 0.29) is 5.91 Å². The van der Waals surface area contributed by atoms with Gasteiger partial charge in [0.25, 0.3) is 5.91 Å². The van der Waals surface area contributed by atoms with Crippen molar-refractivity contribution in [2.45, 2.75) is 0 Å². The van der Waals surface area contributed by atoms with Crippen molar-refractivity contribution in [1.82, 2.24) is 9.88 Å². The zero-order valence-electron chi connectivity index (χ0n) is 11.5. The Balaban J connectivity index is 1.87. The Bertz CT molecular complexity index is 791. The highest BCUT2D eigenvalue weighted by Crippen LogP contribution is 2.30. The molecule has 1 aliphatic rings. The Morgan fingerprint density at radius 1 is 1.27 bits per heavy atom. The zero-order chi connectivity index (χ0) is 15.7. The van der Waals surface area contributed by atoms with Crippen molar-refractivity contribution in [2.24, 2.45) is 12.0 Å². The number of benzene rings is 1. The third kappa shape index (κ3) is 3.38. The number of rotatable bonds is 2. The molecule has 0 unspecified atom stereocenters. The molecular weight excluding hydrogens is 341 g/mol. The molecular formula is C15H11Cl2N3OS. The van der Waals surface area contributed by atoms with Crippen LogP contribution in [-0.4, -0.2) is 15.6 Å². The fourth-order valence-electron chi connectivity index (χ4n) is 1.96. The average Bonchev–Trinajstić information content (AvgIpc) is 2.96. The number of amides is 1. The first-order valence-electron chi connectivity index (χ1n) is 6.38. The molecule has 22 heavy (non-hydrogen) atoms. The Kier molecular flexibility index (Phi) is 4.29. The number of aryl methyl sites for hydroxylation is 1. The summed E-state index contributed by atoms with van der Waals surface area (Å²) in [5.41, 5.74) is 1.55. The van der Waals surface area contributed by atoms with Crippen molar-refractivity contribution in [1.29, 1.82) is 0 Å². The Morgan fingerprint density at radius 2 is 2.00 bits per heavy atom. The summed E-state index contributed by atoms with van der Waals surface area (Å²) in [5, 5.41) is 4.24. The number of carbonyl (C=O) groups excluding carboxylic acids is 1. The minimum atomic E-state index is -0.168. The summed E-state index contributed by atoms with van der Waals surface area (Å²) in [6.45, 7) is 0. The van der Waals surface area contributed by atoms with E-state index in [0.29, 0.717) is 25.8 Å². The van der Waals surface area contributed by atoms with Crippen LogP contribution in [0.15, 0.2) is 46.4 Å². The Hall–Kier alpha value is -1.69. The van der Waals surface area contributed by atoms with Gasteiger partial charge in [-0.1, -0.05) is 23.2 Å². The van der Waals surface area contributed by atoms with Crippen LogP contribution in [0.4, 0.5) is 5.69 Å². The van der Waals surface area contributed by atoms with Crippen LogP contribution in [0.1, 0.15) is 5.69 Å². The van der Waals surface area contributed by atoms with Crippen LogP contribution in [0.5, 0.6) is 0 Å². The van der Waals surface area contributed by atoms with Gasteiger partial charge in [-0.3, -0.25) is 4.79 Å². The number of carbonyl (C=O) groups is 1. The molecule has 2 aromatic rings. The van der Waals surface area contributed by atoms with Gasteiger partial charge in [0.1, 0.15) is 0 Å². The second-order valence-electron chi connectivity index (χ2n) is 4.65. The van der Waals surface area contributed by atoms with E-state index in [2.05, 4.69) is 10.3 Å². The topological polar surface area (TPSA) is 46.4 Å². The molecule has 1 N–H and O–H groups in total. The van der Waals surface area contributed by atoms with Crippen LogP contribution in [0.3, 0.4) is 0 Å². The van der Waals surface area contributed by atoms with Gasteiger partial charge in [0, 0.05) is 29.0 Å². The molecule has 1 fully saturated rings. The third-order valence-corrected chi connectivity index (χ3v) is 4.34. The molecule has 1 saturated heterocycles. The van der Waals surface area contributed by atoms with Gasteiger partial charge in [-0.25, -0.2) is 4.99 Å². The summed E-state index contributed by atoms with van der Waals surface area (Å²) in [5.74, 6) is -0.168. The number of nitrogens with zero attached hydrogens (tertiary/aromatic N) is 2. The maximum Gasteiger partial charge on any atom is 0.264 e. The molecule has 1 aromatic heterocycles. The normalized spacial score (nSPS) is 18.2. The predicted molar refractivity (Wildman–Crippen MR) is 92.7 cm³/mol. The summed E-state index contributed by atoms with van der Waals surface area (Å²) in [4.78, 5) is 17.0. The second-order valence-corrected chi connectivity index (χ2v) is 6.56. The van der Waals surface area contributed by atoms with Crippen LogP contribution < -0.4 is 5.32 Å². The van der Waals surface area contributed by atoms with Crippen molar-refractivity contribution >= 4 is 57.8 Å². The molecule has 0 saturated carbocycles. The lowest BCUT2D eigenvalue weighted by molar-refractivity contribution is -0.115. The Morgan fingerprint density at radius 3 is 2.64 bits per heavy atom. The molecule has 3 rings (SSSR count).